The highest BCUT2D eigenvalue weighted by atomic mass is 16.2. The number of nitrogens with one attached hydrogen (secondary N) is 2. The molecule has 0 aromatic heterocycles. The van der Waals surface area contributed by atoms with Gasteiger partial charge in [-0.1, -0.05) is 55.5 Å². The van der Waals surface area contributed by atoms with E-state index in [0.29, 0.717) is 12.5 Å². The summed E-state index contributed by atoms with van der Waals surface area (Å²) in [6.07, 6.45) is 0.766. The molecule has 1 aliphatic rings. The van der Waals surface area contributed by atoms with Crippen LogP contribution in [0.1, 0.15) is 24.0 Å². The molecule has 1 amide bonds. The molecule has 3 rings (SSSR count). The summed E-state index contributed by atoms with van der Waals surface area (Å²) in [5.41, 5.74) is 3.54. The van der Waals surface area contributed by atoms with Crippen molar-refractivity contribution in [3.8, 4) is 0 Å². The van der Waals surface area contributed by atoms with Crippen LogP contribution in [0.2, 0.25) is 0 Å². The van der Waals surface area contributed by atoms with E-state index in [4.69, 9.17) is 0 Å². The summed E-state index contributed by atoms with van der Waals surface area (Å²) >= 11 is 0. The highest BCUT2D eigenvalue weighted by molar-refractivity contribution is 5.87. The van der Waals surface area contributed by atoms with E-state index in [1.165, 1.54) is 11.1 Å². The van der Waals surface area contributed by atoms with Crippen molar-refractivity contribution in [2.24, 2.45) is 0 Å². The number of benzene rings is 2. The van der Waals surface area contributed by atoms with Gasteiger partial charge in [0.05, 0.1) is 0 Å². The number of fused-ring (bicyclic) bond motifs is 1. The van der Waals surface area contributed by atoms with Crippen LogP contribution in [0, 0.1) is 0 Å². The van der Waals surface area contributed by atoms with Crippen LogP contribution >= 0.6 is 0 Å². The number of amides is 1. The van der Waals surface area contributed by atoms with Gasteiger partial charge in [-0.05, 0) is 23.1 Å². The van der Waals surface area contributed by atoms with Crippen LogP contribution in [-0.4, -0.2) is 18.5 Å². The molecule has 2 aromatic rings. The lowest BCUT2D eigenvalue weighted by atomic mass is 10.0. The first kappa shape index (κ1) is 13.7. The van der Waals surface area contributed by atoms with Crippen LogP contribution in [0.3, 0.4) is 0 Å². The predicted octanol–water partition coefficient (Wildman–Crippen LogP) is 2.94. The molecule has 1 unspecified atom stereocenters. The minimum Gasteiger partial charge on any atom is -0.373 e. The van der Waals surface area contributed by atoms with Crippen molar-refractivity contribution in [1.29, 1.82) is 0 Å². The maximum atomic E-state index is 12.3. The van der Waals surface area contributed by atoms with Gasteiger partial charge in [0.15, 0.2) is 0 Å². The minimum atomic E-state index is -0.148. The smallest absolute Gasteiger partial charge is 0.242 e. The number of carbonyl (C=O) groups excluding carboxylic acids is 1. The van der Waals surface area contributed by atoms with Gasteiger partial charge in [-0.3, -0.25) is 4.79 Å². The minimum absolute atomic E-state index is 0.0778. The molecule has 1 aliphatic heterocycles. The number of rotatable bonds is 4. The van der Waals surface area contributed by atoms with E-state index in [1.807, 2.05) is 36.4 Å². The van der Waals surface area contributed by atoms with E-state index in [-0.39, 0.29) is 11.9 Å². The topological polar surface area (TPSA) is 41.1 Å². The lowest BCUT2D eigenvalue weighted by Crippen LogP contribution is -2.39. The zero-order valence-corrected chi connectivity index (χ0v) is 12.2. The van der Waals surface area contributed by atoms with Crippen molar-refractivity contribution in [2.45, 2.75) is 25.3 Å². The fourth-order valence-electron chi connectivity index (χ4n) is 2.73. The molecule has 2 atom stereocenters. The summed E-state index contributed by atoms with van der Waals surface area (Å²) in [7, 11) is 0. The van der Waals surface area contributed by atoms with Gasteiger partial charge in [0.2, 0.25) is 5.91 Å². The molecule has 0 spiro atoms. The van der Waals surface area contributed by atoms with E-state index in [0.717, 1.165) is 12.1 Å². The fourth-order valence-corrected chi connectivity index (χ4v) is 2.73. The zero-order valence-electron chi connectivity index (χ0n) is 12.2. The Morgan fingerprint density at radius 1 is 1.19 bits per heavy atom. The molecule has 0 bridgehead atoms. The van der Waals surface area contributed by atoms with E-state index in [2.05, 4.69) is 35.8 Å². The Morgan fingerprint density at radius 2 is 1.90 bits per heavy atom. The Hall–Kier alpha value is -2.29. The molecule has 1 heterocycles. The normalized spacial score (nSPS) is 17.7. The lowest BCUT2D eigenvalue weighted by Gasteiger charge is -2.16. The molecule has 21 heavy (non-hydrogen) atoms. The van der Waals surface area contributed by atoms with Crippen molar-refractivity contribution in [1.82, 2.24) is 5.32 Å². The van der Waals surface area contributed by atoms with Crippen molar-refractivity contribution < 1.29 is 4.79 Å². The van der Waals surface area contributed by atoms with Crippen LogP contribution in [0.25, 0.3) is 0 Å². The summed E-state index contributed by atoms with van der Waals surface area (Å²) in [5, 5.41) is 6.34. The summed E-state index contributed by atoms with van der Waals surface area (Å²) < 4.78 is 0. The first-order valence-corrected chi connectivity index (χ1v) is 7.41. The van der Waals surface area contributed by atoms with Crippen molar-refractivity contribution >= 4 is 11.6 Å². The van der Waals surface area contributed by atoms with Crippen molar-refractivity contribution in [3.63, 3.8) is 0 Å². The molecular formula is C18H20N2O. The molecular weight excluding hydrogens is 260 g/mol. The molecule has 0 saturated carbocycles. The largest absolute Gasteiger partial charge is 0.373 e. The first-order chi connectivity index (χ1) is 10.2. The number of hydrogen-bond donors (Lipinski definition) is 2. The van der Waals surface area contributed by atoms with Gasteiger partial charge >= 0.3 is 0 Å². The van der Waals surface area contributed by atoms with Crippen LogP contribution in [0.5, 0.6) is 0 Å². The molecule has 2 N–H and O–H groups in total. The van der Waals surface area contributed by atoms with Gasteiger partial charge in [0.25, 0.3) is 0 Å². The highest BCUT2D eigenvalue weighted by Crippen LogP contribution is 2.25. The van der Waals surface area contributed by atoms with E-state index < -0.39 is 0 Å². The standard InChI is InChI=1S/C18H20N2O/c1-13(14-7-3-2-4-8-14)12-19-18(21)17-11-15-9-5-6-10-16(15)20-17/h2-10,13,17,20H,11-12H2,1H3,(H,19,21)/t13?,17-/m0/s1. The quantitative estimate of drug-likeness (QED) is 0.904. The van der Waals surface area contributed by atoms with Gasteiger partial charge in [0.1, 0.15) is 6.04 Å². The highest BCUT2D eigenvalue weighted by Gasteiger charge is 2.26. The number of hydrogen-bond acceptors (Lipinski definition) is 2. The summed E-state index contributed by atoms with van der Waals surface area (Å²) in [4.78, 5) is 12.3. The third kappa shape index (κ3) is 3.07. The number of carbonyl (C=O) groups is 1. The van der Waals surface area contributed by atoms with E-state index in [1.54, 1.807) is 0 Å². The number of para-hydroxylation sites is 1. The summed E-state index contributed by atoms with van der Waals surface area (Å²) in [6.45, 7) is 2.80. The molecule has 3 heteroatoms. The molecule has 108 valence electrons. The summed E-state index contributed by atoms with van der Waals surface area (Å²) in [5.74, 6) is 0.396. The first-order valence-electron chi connectivity index (χ1n) is 7.41. The fraction of sp³-hybridized carbons (Fsp3) is 0.278. The molecule has 0 fully saturated rings. The van der Waals surface area contributed by atoms with Gasteiger partial charge < -0.3 is 10.6 Å². The second kappa shape index (κ2) is 6.00. The van der Waals surface area contributed by atoms with Crippen LogP contribution in [-0.2, 0) is 11.2 Å². The van der Waals surface area contributed by atoms with Gasteiger partial charge in [-0.2, -0.15) is 0 Å². The van der Waals surface area contributed by atoms with Gasteiger partial charge in [0, 0.05) is 18.7 Å². The molecule has 0 aliphatic carbocycles. The lowest BCUT2D eigenvalue weighted by molar-refractivity contribution is -0.121. The Labute approximate surface area is 125 Å². The molecule has 0 radical (unpaired) electrons. The molecule has 2 aromatic carbocycles. The van der Waals surface area contributed by atoms with Gasteiger partial charge in [-0.25, -0.2) is 0 Å². The van der Waals surface area contributed by atoms with Gasteiger partial charge in [-0.15, -0.1) is 0 Å². The predicted molar refractivity (Wildman–Crippen MR) is 85.4 cm³/mol. The Balaban J connectivity index is 1.54. The van der Waals surface area contributed by atoms with Crippen LogP contribution < -0.4 is 10.6 Å². The van der Waals surface area contributed by atoms with Crippen LogP contribution in [0.15, 0.2) is 54.6 Å². The Morgan fingerprint density at radius 3 is 2.67 bits per heavy atom. The summed E-state index contributed by atoms with van der Waals surface area (Å²) in [6, 6.07) is 18.2. The molecule has 3 nitrogen and oxygen atoms in total. The Bertz CT molecular complexity index is 599. The average molecular weight is 280 g/mol. The van der Waals surface area contributed by atoms with Crippen molar-refractivity contribution in [3.05, 3.63) is 65.7 Å². The second-order valence-electron chi connectivity index (χ2n) is 5.62. The van der Waals surface area contributed by atoms with Crippen LogP contribution in [0.4, 0.5) is 5.69 Å². The second-order valence-corrected chi connectivity index (χ2v) is 5.62. The molecule has 0 saturated heterocycles. The average Bonchev–Trinajstić information content (AvgIpc) is 2.97. The van der Waals surface area contributed by atoms with Crippen molar-refractivity contribution in [2.75, 3.05) is 11.9 Å². The monoisotopic (exact) mass is 280 g/mol. The third-order valence-electron chi connectivity index (χ3n) is 4.04. The van der Waals surface area contributed by atoms with E-state index in [9.17, 15) is 4.79 Å². The maximum Gasteiger partial charge on any atom is 0.242 e. The SMILES string of the molecule is CC(CNC(=O)[C@@H]1Cc2ccccc2N1)c1ccccc1. The third-order valence-corrected chi connectivity index (χ3v) is 4.04. The maximum absolute atomic E-state index is 12.3. The number of anilines is 1. The zero-order chi connectivity index (χ0) is 14.7. The Kier molecular flexibility index (Phi) is 3.91. The van der Waals surface area contributed by atoms with E-state index >= 15 is 0 Å².